The highest BCUT2D eigenvalue weighted by Crippen LogP contribution is 2.25. The molecule has 0 saturated heterocycles. The molecular formula is C23H24N2OS. The van der Waals surface area contributed by atoms with E-state index >= 15 is 0 Å². The Labute approximate surface area is 164 Å². The molecule has 2 aromatic carbocycles. The van der Waals surface area contributed by atoms with Gasteiger partial charge in [-0.1, -0.05) is 48.0 Å². The number of thiophene rings is 1. The van der Waals surface area contributed by atoms with Crippen LogP contribution in [0.4, 0.5) is 5.69 Å². The van der Waals surface area contributed by atoms with Gasteiger partial charge in [0.25, 0.3) is 0 Å². The van der Waals surface area contributed by atoms with Crippen molar-refractivity contribution < 1.29 is 4.79 Å². The SMILES string of the molecule is Cc1ccc(N(CC(=O)N2CCc3sccc3C2)Cc2ccccc2)cc1. The second kappa shape index (κ2) is 7.97. The molecule has 0 unspecified atom stereocenters. The standard InChI is InChI=1S/C23H24N2OS/c1-18-7-9-21(10-8-18)25(15-19-5-3-2-4-6-19)17-23(26)24-13-11-22-20(16-24)12-14-27-22/h2-10,12,14H,11,13,15-17H2,1H3. The number of aryl methyl sites for hydroxylation is 1. The Bertz CT molecular complexity index is 902. The number of carbonyl (C=O) groups is 1. The van der Waals surface area contributed by atoms with Gasteiger partial charge in [0.1, 0.15) is 0 Å². The number of rotatable bonds is 5. The van der Waals surface area contributed by atoms with Crippen molar-refractivity contribution in [3.05, 3.63) is 87.6 Å². The van der Waals surface area contributed by atoms with E-state index in [1.807, 2.05) is 23.1 Å². The predicted octanol–water partition coefficient (Wildman–Crippen LogP) is 4.65. The molecule has 0 radical (unpaired) electrons. The highest BCUT2D eigenvalue weighted by atomic mass is 32.1. The Kier molecular flexibility index (Phi) is 5.26. The van der Waals surface area contributed by atoms with Gasteiger partial charge >= 0.3 is 0 Å². The number of anilines is 1. The first-order chi connectivity index (χ1) is 13.2. The molecule has 1 aliphatic heterocycles. The van der Waals surface area contributed by atoms with Crippen molar-refractivity contribution in [1.82, 2.24) is 4.90 Å². The van der Waals surface area contributed by atoms with E-state index in [4.69, 9.17) is 0 Å². The van der Waals surface area contributed by atoms with Crippen molar-refractivity contribution in [3.63, 3.8) is 0 Å². The number of hydrogen-bond donors (Lipinski definition) is 0. The molecule has 0 N–H and O–H groups in total. The maximum absolute atomic E-state index is 13.1. The number of amides is 1. The van der Waals surface area contributed by atoms with E-state index in [9.17, 15) is 4.79 Å². The molecule has 0 saturated carbocycles. The second-order valence-electron chi connectivity index (χ2n) is 7.11. The number of benzene rings is 2. The molecule has 4 heteroatoms. The lowest BCUT2D eigenvalue weighted by Gasteiger charge is -2.31. The third kappa shape index (κ3) is 4.22. The summed E-state index contributed by atoms with van der Waals surface area (Å²) in [4.78, 5) is 18.7. The van der Waals surface area contributed by atoms with Gasteiger partial charge in [-0.25, -0.2) is 0 Å². The van der Waals surface area contributed by atoms with Gasteiger partial charge in [0, 0.05) is 30.2 Å². The molecule has 2 heterocycles. The van der Waals surface area contributed by atoms with Crippen LogP contribution in [0.25, 0.3) is 0 Å². The molecule has 0 atom stereocenters. The Balaban J connectivity index is 1.51. The zero-order valence-corrected chi connectivity index (χ0v) is 16.4. The van der Waals surface area contributed by atoms with Gasteiger partial charge in [0.15, 0.2) is 0 Å². The highest BCUT2D eigenvalue weighted by Gasteiger charge is 2.23. The molecule has 1 aromatic heterocycles. The zero-order chi connectivity index (χ0) is 18.6. The van der Waals surface area contributed by atoms with Crippen LogP contribution in [0, 0.1) is 6.92 Å². The van der Waals surface area contributed by atoms with Gasteiger partial charge < -0.3 is 9.80 Å². The zero-order valence-electron chi connectivity index (χ0n) is 15.6. The Hall–Kier alpha value is -2.59. The molecule has 1 aliphatic rings. The van der Waals surface area contributed by atoms with Crippen LogP contribution in [0.1, 0.15) is 21.6 Å². The normalized spacial score (nSPS) is 13.3. The summed E-state index contributed by atoms with van der Waals surface area (Å²) in [6, 6.07) is 20.9. The first kappa shape index (κ1) is 17.8. The minimum Gasteiger partial charge on any atom is -0.358 e. The number of carbonyl (C=O) groups excluding carboxylic acids is 1. The van der Waals surface area contributed by atoms with Crippen molar-refractivity contribution in [2.75, 3.05) is 18.0 Å². The molecule has 138 valence electrons. The fourth-order valence-corrected chi connectivity index (χ4v) is 4.41. The van der Waals surface area contributed by atoms with Gasteiger partial charge in [-0.05, 0) is 48.1 Å². The molecule has 27 heavy (non-hydrogen) atoms. The molecule has 4 rings (SSSR count). The maximum atomic E-state index is 13.1. The summed E-state index contributed by atoms with van der Waals surface area (Å²) in [6.45, 7) is 4.78. The first-order valence-corrected chi connectivity index (χ1v) is 10.3. The van der Waals surface area contributed by atoms with Crippen LogP contribution in [0.3, 0.4) is 0 Å². The summed E-state index contributed by atoms with van der Waals surface area (Å²) in [5.74, 6) is 0.198. The maximum Gasteiger partial charge on any atom is 0.242 e. The summed E-state index contributed by atoms with van der Waals surface area (Å²) in [5, 5.41) is 2.13. The number of fused-ring (bicyclic) bond motifs is 1. The molecule has 0 bridgehead atoms. The highest BCUT2D eigenvalue weighted by molar-refractivity contribution is 7.10. The fourth-order valence-electron chi connectivity index (χ4n) is 3.52. The summed E-state index contributed by atoms with van der Waals surface area (Å²) >= 11 is 1.80. The van der Waals surface area contributed by atoms with Crippen molar-refractivity contribution >= 4 is 22.9 Å². The average Bonchev–Trinajstić information content (AvgIpc) is 3.16. The molecule has 3 aromatic rings. The van der Waals surface area contributed by atoms with Crippen LogP contribution in [0.5, 0.6) is 0 Å². The van der Waals surface area contributed by atoms with Crippen molar-refractivity contribution in [2.45, 2.75) is 26.4 Å². The third-order valence-corrected chi connectivity index (χ3v) is 6.12. The first-order valence-electron chi connectivity index (χ1n) is 9.37. The Morgan fingerprint density at radius 2 is 1.85 bits per heavy atom. The summed E-state index contributed by atoms with van der Waals surface area (Å²) in [6.07, 6.45) is 0.974. The lowest BCUT2D eigenvalue weighted by atomic mass is 10.1. The third-order valence-electron chi connectivity index (χ3n) is 5.10. The van der Waals surface area contributed by atoms with E-state index in [0.29, 0.717) is 6.54 Å². The van der Waals surface area contributed by atoms with E-state index in [0.717, 1.165) is 31.7 Å². The second-order valence-corrected chi connectivity index (χ2v) is 8.11. The number of hydrogen-bond acceptors (Lipinski definition) is 3. The van der Waals surface area contributed by atoms with Crippen molar-refractivity contribution in [1.29, 1.82) is 0 Å². The van der Waals surface area contributed by atoms with Gasteiger partial charge in [0.2, 0.25) is 5.91 Å². The van der Waals surface area contributed by atoms with Crippen LogP contribution in [0.15, 0.2) is 66.0 Å². The van der Waals surface area contributed by atoms with Crippen LogP contribution in [-0.4, -0.2) is 23.9 Å². The molecule has 0 aliphatic carbocycles. The van der Waals surface area contributed by atoms with Crippen LogP contribution < -0.4 is 4.90 Å². The Morgan fingerprint density at radius 1 is 1.07 bits per heavy atom. The van der Waals surface area contributed by atoms with Gasteiger partial charge in [-0.2, -0.15) is 0 Å². The summed E-state index contributed by atoms with van der Waals surface area (Å²) < 4.78 is 0. The van der Waals surface area contributed by atoms with E-state index in [1.165, 1.54) is 21.6 Å². The van der Waals surface area contributed by atoms with E-state index < -0.39 is 0 Å². The molecule has 0 spiro atoms. The molecule has 1 amide bonds. The van der Waals surface area contributed by atoms with Crippen LogP contribution in [-0.2, 0) is 24.3 Å². The summed E-state index contributed by atoms with van der Waals surface area (Å²) in [5.41, 5.74) is 4.84. The van der Waals surface area contributed by atoms with E-state index in [-0.39, 0.29) is 5.91 Å². The van der Waals surface area contributed by atoms with E-state index in [1.54, 1.807) is 11.3 Å². The lowest BCUT2D eigenvalue weighted by molar-refractivity contribution is -0.130. The topological polar surface area (TPSA) is 23.6 Å². The van der Waals surface area contributed by atoms with E-state index in [2.05, 4.69) is 59.7 Å². The number of nitrogens with zero attached hydrogens (tertiary/aromatic N) is 2. The predicted molar refractivity (Wildman–Crippen MR) is 112 cm³/mol. The molecule has 0 fully saturated rings. The quantitative estimate of drug-likeness (QED) is 0.647. The summed E-state index contributed by atoms with van der Waals surface area (Å²) in [7, 11) is 0. The fraction of sp³-hybridized carbons (Fsp3) is 0.261. The molecular weight excluding hydrogens is 352 g/mol. The smallest absolute Gasteiger partial charge is 0.242 e. The van der Waals surface area contributed by atoms with Crippen molar-refractivity contribution in [2.24, 2.45) is 0 Å². The Morgan fingerprint density at radius 3 is 2.63 bits per heavy atom. The van der Waals surface area contributed by atoms with Gasteiger partial charge in [-0.3, -0.25) is 4.79 Å². The van der Waals surface area contributed by atoms with Crippen molar-refractivity contribution in [3.8, 4) is 0 Å². The monoisotopic (exact) mass is 376 g/mol. The lowest BCUT2D eigenvalue weighted by Crippen LogP contribution is -2.42. The van der Waals surface area contributed by atoms with Crippen LogP contribution >= 0.6 is 11.3 Å². The minimum atomic E-state index is 0.198. The molecule has 3 nitrogen and oxygen atoms in total. The largest absolute Gasteiger partial charge is 0.358 e. The van der Waals surface area contributed by atoms with Gasteiger partial charge in [0.05, 0.1) is 6.54 Å². The van der Waals surface area contributed by atoms with Crippen LogP contribution in [0.2, 0.25) is 0 Å². The minimum absolute atomic E-state index is 0.198. The van der Waals surface area contributed by atoms with Gasteiger partial charge in [-0.15, -0.1) is 11.3 Å². The average molecular weight is 377 g/mol.